The van der Waals surface area contributed by atoms with Gasteiger partial charge in [-0.3, -0.25) is 4.99 Å². The van der Waals surface area contributed by atoms with Gasteiger partial charge in [-0.1, -0.05) is 5.92 Å². The molecular weight excluding hydrogens is 369 g/mol. The molecule has 1 unspecified atom stereocenters. The maximum absolute atomic E-state index is 5.62. The van der Waals surface area contributed by atoms with Crippen LogP contribution in [0.1, 0.15) is 19.8 Å². The number of hydrogen-bond donors (Lipinski definition) is 2. The van der Waals surface area contributed by atoms with E-state index in [1.165, 1.54) is 0 Å². The van der Waals surface area contributed by atoms with E-state index < -0.39 is 0 Å². The molecular formula is C14H26IN3O2. The molecule has 1 heterocycles. The fraction of sp³-hybridized carbons (Fsp3) is 0.786. The molecule has 0 spiro atoms. The monoisotopic (exact) mass is 395 g/mol. The predicted octanol–water partition coefficient (Wildman–Crippen LogP) is 1.24. The van der Waals surface area contributed by atoms with Crippen LogP contribution in [0.5, 0.6) is 0 Å². The average molecular weight is 395 g/mol. The van der Waals surface area contributed by atoms with E-state index in [2.05, 4.69) is 21.5 Å². The topological polar surface area (TPSA) is 54.9 Å². The van der Waals surface area contributed by atoms with E-state index in [1.807, 2.05) is 6.92 Å². The largest absolute Gasteiger partial charge is 0.381 e. The minimum absolute atomic E-state index is 0. The van der Waals surface area contributed by atoms with Crippen LogP contribution in [0.2, 0.25) is 0 Å². The Hall–Kier alpha value is -0.520. The van der Waals surface area contributed by atoms with Crippen LogP contribution < -0.4 is 10.6 Å². The summed E-state index contributed by atoms with van der Waals surface area (Å²) in [4.78, 5) is 4.41. The first-order valence-corrected chi connectivity index (χ1v) is 6.98. The van der Waals surface area contributed by atoms with Gasteiger partial charge in [-0.25, -0.2) is 0 Å². The second-order valence-corrected chi connectivity index (χ2v) is 4.48. The summed E-state index contributed by atoms with van der Waals surface area (Å²) in [6.45, 7) is 7.36. The number of halogens is 1. The number of terminal acetylenes is 1. The molecule has 116 valence electrons. The van der Waals surface area contributed by atoms with Gasteiger partial charge in [0.05, 0.1) is 19.8 Å². The Kier molecular flexibility index (Phi) is 13.1. The number of guanidine groups is 1. The molecule has 0 bridgehead atoms. The first-order valence-electron chi connectivity index (χ1n) is 6.98. The van der Waals surface area contributed by atoms with Crippen molar-refractivity contribution < 1.29 is 9.47 Å². The van der Waals surface area contributed by atoms with Crippen LogP contribution in [0.15, 0.2) is 4.99 Å². The third kappa shape index (κ3) is 9.39. The van der Waals surface area contributed by atoms with Gasteiger partial charge in [0.2, 0.25) is 0 Å². The Labute approximate surface area is 139 Å². The quantitative estimate of drug-likeness (QED) is 0.214. The minimum Gasteiger partial charge on any atom is -0.381 e. The third-order valence-corrected chi connectivity index (χ3v) is 2.80. The lowest BCUT2D eigenvalue weighted by molar-refractivity contribution is 0.0893. The molecule has 2 N–H and O–H groups in total. The van der Waals surface area contributed by atoms with Gasteiger partial charge in [0, 0.05) is 32.2 Å². The molecule has 0 amide bonds. The lowest BCUT2D eigenvalue weighted by Gasteiger charge is -2.09. The highest BCUT2D eigenvalue weighted by Gasteiger charge is 2.14. The van der Waals surface area contributed by atoms with Crippen molar-refractivity contribution in [3.05, 3.63) is 0 Å². The molecule has 0 aromatic rings. The van der Waals surface area contributed by atoms with Crippen LogP contribution in [0, 0.1) is 18.3 Å². The highest BCUT2D eigenvalue weighted by Crippen LogP contribution is 2.12. The molecule has 0 saturated carbocycles. The fourth-order valence-corrected chi connectivity index (χ4v) is 1.80. The highest BCUT2D eigenvalue weighted by molar-refractivity contribution is 14.0. The SMILES string of the molecule is C#CCNC(=NCCCOCC1CCOC1)NCC.I. The molecule has 1 saturated heterocycles. The molecule has 0 aromatic carbocycles. The normalized spacial score (nSPS) is 18.2. The molecule has 20 heavy (non-hydrogen) atoms. The average Bonchev–Trinajstić information content (AvgIpc) is 2.93. The zero-order chi connectivity index (χ0) is 13.8. The predicted molar refractivity (Wildman–Crippen MR) is 92.6 cm³/mol. The van der Waals surface area contributed by atoms with Gasteiger partial charge in [-0.15, -0.1) is 30.4 Å². The first-order chi connectivity index (χ1) is 9.36. The summed E-state index contributed by atoms with van der Waals surface area (Å²) in [6, 6.07) is 0. The number of nitrogens with zero attached hydrogens (tertiary/aromatic N) is 1. The van der Waals surface area contributed by atoms with Crippen molar-refractivity contribution in [2.24, 2.45) is 10.9 Å². The van der Waals surface area contributed by atoms with E-state index in [-0.39, 0.29) is 24.0 Å². The van der Waals surface area contributed by atoms with Gasteiger partial charge in [0.1, 0.15) is 0 Å². The molecule has 6 heteroatoms. The summed E-state index contributed by atoms with van der Waals surface area (Å²) in [7, 11) is 0. The second kappa shape index (κ2) is 13.5. The van der Waals surface area contributed by atoms with Gasteiger partial charge in [-0.05, 0) is 19.8 Å². The number of rotatable bonds is 8. The molecule has 0 radical (unpaired) electrons. The van der Waals surface area contributed by atoms with E-state index in [9.17, 15) is 0 Å². The lowest BCUT2D eigenvalue weighted by Crippen LogP contribution is -2.37. The van der Waals surface area contributed by atoms with Gasteiger partial charge in [-0.2, -0.15) is 0 Å². The molecule has 1 rings (SSSR count). The van der Waals surface area contributed by atoms with Gasteiger partial charge < -0.3 is 20.1 Å². The van der Waals surface area contributed by atoms with Crippen LogP contribution in [-0.4, -0.2) is 52.0 Å². The van der Waals surface area contributed by atoms with Crippen molar-refractivity contribution in [2.45, 2.75) is 19.8 Å². The first kappa shape index (κ1) is 19.5. The Bertz CT molecular complexity index is 299. The minimum atomic E-state index is 0. The molecule has 0 aromatic heterocycles. The number of ether oxygens (including phenoxy) is 2. The number of nitrogens with one attached hydrogen (secondary N) is 2. The second-order valence-electron chi connectivity index (χ2n) is 4.48. The number of aliphatic imine (C=N–C) groups is 1. The maximum Gasteiger partial charge on any atom is 0.192 e. The van der Waals surface area contributed by atoms with Gasteiger partial charge in [0.25, 0.3) is 0 Å². The third-order valence-electron chi connectivity index (χ3n) is 2.80. The molecule has 0 aliphatic carbocycles. The smallest absolute Gasteiger partial charge is 0.192 e. The van der Waals surface area contributed by atoms with Crippen molar-refractivity contribution in [1.82, 2.24) is 10.6 Å². The molecule has 1 fully saturated rings. The van der Waals surface area contributed by atoms with Crippen LogP contribution >= 0.6 is 24.0 Å². The van der Waals surface area contributed by atoms with Crippen LogP contribution in [0.4, 0.5) is 0 Å². The van der Waals surface area contributed by atoms with Crippen molar-refractivity contribution in [3.8, 4) is 12.3 Å². The van der Waals surface area contributed by atoms with Crippen LogP contribution in [0.25, 0.3) is 0 Å². The van der Waals surface area contributed by atoms with Crippen LogP contribution in [-0.2, 0) is 9.47 Å². The lowest BCUT2D eigenvalue weighted by atomic mass is 10.1. The van der Waals surface area contributed by atoms with Gasteiger partial charge >= 0.3 is 0 Å². The Balaban J connectivity index is 0.00000361. The van der Waals surface area contributed by atoms with E-state index in [4.69, 9.17) is 15.9 Å². The fourth-order valence-electron chi connectivity index (χ4n) is 1.80. The van der Waals surface area contributed by atoms with Crippen molar-refractivity contribution in [2.75, 3.05) is 46.1 Å². The van der Waals surface area contributed by atoms with Crippen molar-refractivity contribution >= 4 is 29.9 Å². The zero-order valence-electron chi connectivity index (χ0n) is 12.2. The molecule has 1 atom stereocenters. The van der Waals surface area contributed by atoms with Crippen LogP contribution in [0.3, 0.4) is 0 Å². The summed E-state index contributed by atoms with van der Waals surface area (Å²) in [5, 5.41) is 6.19. The molecule has 5 nitrogen and oxygen atoms in total. The summed E-state index contributed by atoms with van der Waals surface area (Å²) in [6.07, 6.45) is 7.24. The highest BCUT2D eigenvalue weighted by atomic mass is 127. The summed E-state index contributed by atoms with van der Waals surface area (Å²) in [5.74, 6) is 3.88. The zero-order valence-corrected chi connectivity index (χ0v) is 14.5. The number of hydrogen-bond acceptors (Lipinski definition) is 3. The standard InChI is InChI=1S/C14H25N3O2.HI/c1-3-7-16-14(15-4-2)17-8-5-9-18-11-13-6-10-19-12-13;/h1,13H,4-12H2,2H3,(H2,15,16,17);1H. The summed E-state index contributed by atoms with van der Waals surface area (Å²) < 4.78 is 10.9. The Morgan fingerprint density at radius 1 is 1.50 bits per heavy atom. The van der Waals surface area contributed by atoms with E-state index in [0.717, 1.165) is 58.3 Å². The molecule has 1 aliphatic rings. The maximum atomic E-state index is 5.62. The molecule has 1 aliphatic heterocycles. The van der Waals surface area contributed by atoms with Crippen molar-refractivity contribution in [1.29, 1.82) is 0 Å². The summed E-state index contributed by atoms with van der Waals surface area (Å²) in [5.41, 5.74) is 0. The van der Waals surface area contributed by atoms with Crippen molar-refractivity contribution in [3.63, 3.8) is 0 Å². The van der Waals surface area contributed by atoms with E-state index >= 15 is 0 Å². The van der Waals surface area contributed by atoms with E-state index in [1.54, 1.807) is 0 Å². The van der Waals surface area contributed by atoms with Gasteiger partial charge in [0.15, 0.2) is 5.96 Å². The summed E-state index contributed by atoms with van der Waals surface area (Å²) >= 11 is 0. The van der Waals surface area contributed by atoms with E-state index in [0.29, 0.717) is 12.5 Å². The Morgan fingerprint density at radius 2 is 2.35 bits per heavy atom. The Morgan fingerprint density at radius 3 is 3.00 bits per heavy atom.